The summed E-state index contributed by atoms with van der Waals surface area (Å²) in [6, 6.07) is 0. The Balaban J connectivity index is 2.39. The lowest BCUT2D eigenvalue weighted by atomic mass is 10.0. The Labute approximate surface area is 80.7 Å². The Bertz CT molecular complexity index is 396. The van der Waals surface area contributed by atoms with E-state index in [9.17, 15) is 13.2 Å². The molecular weight excluding hydrogens is 214 g/mol. The van der Waals surface area contributed by atoms with Gasteiger partial charge in [0.15, 0.2) is 0 Å². The van der Waals surface area contributed by atoms with Crippen LogP contribution < -0.4 is 0 Å². The molecular formula is C7H8ClNO3S. The molecule has 0 unspecified atom stereocenters. The van der Waals surface area contributed by atoms with Crippen molar-refractivity contribution in [2.24, 2.45) is 5.41 Å². The molecule has 0 radical (unpaired) electrons. The third kappa shape index (κ3) is 1.10. The Morgan fingerprint density at radius 2 is 2.00 bits per heavy atom. The van der Waals surface area contributed by atoms with Gasteiger partial charge in [-0.2, -0.15) is 8.42 Å². The zero-order chi connectivity index (χ0) is 9.85. The minimum absolute atomic E-state index is 0.0463. The number of carbonyl (C=O) groups excluding carboxylic acids is 1. The molecule has 0 atom stereocenters. The van der Waals surface area contributed by atoms with Gasteiger partial charge in [0.05, 0.1) is 12.0 Å². The van der Waals surface area contributed by atoms with E-state index >= 15 is 0 Å². The molecule has 13 heavy (non-hydrogen) atoms. The molecule has 1 amide bonds. The molecule has 4 nitrogen and oxygen atoms in total. The number of amides is 1. The van der Waals surface area contributed by atoms with Crippen LogP contribution in [0, 0.1) is 5.41 Å². The molecule has 2 aliphatic rings. The molecule has 0 aromatic heterocycles. The van der Waals surface area contributed by atoms with Crippen LogP contribution in [-0.2, 0) is 14.0 Å². The van der Waals surface area contributed by atoms with Crippen LogP contribution in [0.25, 0.3) is 0 Å². The molecule has 1 aliphatic carbocycles. The summed E-state index contributed by atoms with van der Waals surface area (Å²) in [5, 5.41) is 0. The van der Waals surface area contributed by atoms with Gasteiger partial charge < -0.3 is 0 Å². The van der Waals surface area contributed by atoms with Crippen LogP contribution in [0.3, 0.4) is 0 Å². The summed E-state index contributed by atoms with van der Waals surface area (Å²) in [4.78, 5) is 11.5. The molecule has 2 fully saturated rings. The lowest BCUT2D eigenvalue weighted by Crippen LogP contribution is -2.30. The Morgan fingerprint density at radius 1 is 1.46 bits per heavy atom. The van der Waals surface area contributed by atoms with Crippen LogP contribution in [0.4, 0.5) is 0 Å². The number of hydrogen-bond acceptors (Lipinski definition) is 3. The Kier molecular flexibility index (Phi) is 1.58. The molecule has 1 heterocycles. The van der Waals surface area contributed by atoms with E-state index in [2.05, 4.69) is 6.58 Å². The van der Waals surface area contributed by atoms with Gasteiger partial charge in [0.2, 0.25) is 5.91 Å². The second kappa shape index (κ2) is 2.27. The Hall–Kier alpha value is -0.550. The largest absolute Gasteiger partial charge is 0.324 e. The normalized spacial score (nSPS) is 25.8. The first kappa shape index (κ1) is 9.02. The van der Waals surface area contributed by atoms with Crippen molar-refractivity contribution in [1.82, 2.24) is 4.31 Å². The van der Waals surface area contributed by atoms with Crippen molar-refractivity contribution in [3.05, 3.63) is 12.2 Å². The topological polar surface area (TPSA) is 54.5 Å². The molecule has 1 saturated carbocycles. The zero-order valence-electron chi connectivity index (χ0n) is 6.79. The molecule has 0 aromatic rings. The van der Waals surface area contributed by atoms with E-state index in [1.54, 1.807) is 0 Å². The van der Waals surface area contributed by atoms with Crippen LogP contribution in [0.1, 0.15) is 12.8 Å². The maximum Gasteiger partial charge on any atom is 0.324 e. The minimum atomic E-state index is -3.92. The zero-order valence-corrected chi connectivity index (χ0v) is 8.36. The summed E-state index contributed by atoms with van der Waals surface area (Å²) in [5.41, 5.74) is 0.0869. The highest BCUT2D eigenvalue weighted by Crippen LogP contribution is 2.56. The second-order valence-electron chi connectivity index (χ2n) is 3.44. The highest BCUT2D eigenvalue weighted by atomic mass is 35.7. The van der Waals surface area contributed by atoms with E-state index in [0.29, 0.717) is 22.7 Å². The third-order valence-corrected chi connectivity index (χ3v) is 3.98. The average molecular weight is 222 g/mol. The summed E-state index contributed by atoms with van der Waals surface area (Å²) in [6.45, 7) is 3.74. The van der Waals surface area contributed by atoms with Crippen molar-refractivity contribution >= 4 is 25.8 Å². The molecule has 2 rings (SSSR count). The van der Waals surface area contributed by atoms with Crippen molar-refractivity contribution < 1.29 is 13.2 Å². The average Bonchev–Trinajstić information content (AvgIpc) is 2.71. The van der Waals surface area contributed by atoms with Gasteiger partial charge in [-0.15, -0.1) is 0 Å². The standard InChI is InChI=1S/C7H8ClNO3S/c1-5-4-9(13(8,11)12)6(10)7(5)2-3-7/h1-4H2. The predicted octanol–water partition coefficient (Wildman–Crippen LogP) is 0.649. The fraction of sp³-hybridized carbons (Fsp3) is 0.571. The number of halogens is 1. The molecule has 1 aliphatic heterocycles. The minimum Gasteiger partial charge on any atom is -0.273 e. The first-order valence-electron chi connectivity index (χ1n) is 3.83. The maximum atomic E-state index is 11.5. The molecule has 0 aromatic carbocycles. The molecule has 0 N–H and O–H groups in total. The van der Waals surface area contributed by atoms with Crippen molar-refractivity contribution in [2.45, 2.75) is 12.8 Å². The van der Waals surface area contributed by atoms with Gasteiger partial charge in [-0.1, -0.05) is 6.58 Å². The summed E-state index contributed by atoms with van der Waals surface area (Å²) < 4.78 is 22.6. The van der Waals surface area contributed by atoms with Gasteiger partial charge in [0, 0.05) is 10.7 Å². The monoisotopic (exact) mass is 221 g/mol. The number of carbonyl (C=O) groups is 1. The lowest BCUT2D eigenvalue weighted by molar-refractivity contribution is -0.127. The van der Waals surface area contributed by atoms with Crippen molar-refractivity contribution in [3.63, 3.8) is 0 Å². The molecule has 1 spiro atoms. The summed E-state index contributed by atoms with van der Waals surface area (Å²) >= 11 is 0. The van der Waals surface area contributed by atoms with Gasteiger partial charge in [-0.3, -0.25) is 4.79 Å². The van der Waals surface area contributed by atoms with Crippen molar-refractivity contribution in [1.29, 1.82) is 0 Å². The van der Waals surface area contributed by atoms with Gasteiger partial charge in [-0.05, 0) is 18.4 Å². The quantitative estimate of drug-likeness (QED) is 0.483. The van der Waals surface area contributed by atoms with Crippen LogP contribution in [0.15, 0.2) is 12.2 Å². The van der Waals surface area contributed by atoms with E-state index < -0.39 is 20.6 Å². The molecule has 72 valence electrons. The Morgan fingerprint density at radius 3 is 2.23 bits per heavy atom. The SMILES string of the molecule is C=C1CN(S(=O)(=O)Cl)C(=O)C12CC2. The predicted molar refractivity (Wildman–Crippen MR) is 47.3 cm³/mol. The van der Waals surface area contributed by atoms with Crippen LogP contribution in [0.5, 0.6) is 0 Å². The van der Waals surface area contributed by atoms with Gasteiger partial charge >= 0.3 is 9.24 Å². The van der Waals surface area contributed by atoms with Crippen LogP contribution in [-0.4, -0.2) is 25.2 Å². The molecule has 1 saturated heterocycles. The fourth-order valence-electron chi connectivity index (χ4n) is 1.65. The first-order valence-corrected chi connectivity index (χ1v) is 6.09. The fourth-order valence-corrected chi connectivity index (χ4v) is 2.67. The number of nitrogens with zero attached hydrogens (tertiary/aromatic N) is 1. The summed E-state index contributed by atoms with van der Waals surface area (Å²) in [7, 11) is 1.17. The van der Waals surface area contributed by atoms with E-state index in [4.69, 9.17) is 10.7 Å². The first-order chi connectivity index (χ1) is 5.88. The van der Waals surface area contributed by atoms with Crippen molar-refractivity contribution in [3.8, 4) is 0 Å². The van der Waals surface area contributed by atoms with E-state index in [0.717, 1.165) is 0 Å². The van der Waals surface area contributed by atoms with Gasteiger partial charge in [-0.25, -0.2) is 4.31 Å². The van der Waals surface area contributed by atoms with Crippen LogP contribution >= 0.6 is 10.7 Å². The van der Waals surface area contributed by atoms with Crippen LogP contribution in [0.2, 0.25) is 0 Å². The van der Waals surface area contributed by atoms with Crippen molar-refractivity contribution in [2.75, 3.05) is 6.54 Å². The van der Waals surface area contributed by atoms with E-state index in [-0.39, 0.29) is 6.54 Å². The smallest absolute Gasteiger partial charge is 0.273 e. The second-order valence-corrected chi connectivity index (χ2v) is 5.87. The van der Waals surface area contributed by atoms with Gasteiger partial charge in [0.1, 0.15) is 0 Å². The summed E-state index contributed by atoms with van der Waals surface area (Å²) in [6.07, 6.45) is 1.40. The van der Waals surface area contributed by atoms with E-state index in [1.165, 1.54) is 0 Å². The van der Waals surface area contributed by atoms with Gasteiger partial charge in [0.25, 0.3) is 0 Å². The highest BCUT2D eigenvalue weighted by molar-refractivity contribution is 8.12. The van der Waals surface area contributed by atoms with E-state index in [1.807, 2.05) is 0 Å². The lowest BCUT2D eigenvalue weighted by Gasteiger charge is -2.09. The summed E-state index contributed by atoms with van der Waals surface area (Å²) in [5.74, 6) is -0.410. The molecule has 6 heteroatoms. The number of hydrogen-bond donors (Lipinski definition) is 0. The molecule has 0 bridgehead atoms. The third-order valence-electron chi connectivity index (χ3n) is 2.66. The number of rotatable bonds is 1. The highest BCUT2D eigenvalue weighted by Gasteiger charge is 2.60. The maximum absolute atomic E-state index is 11.5.